The molecule has 0 spiro atoms. The highest BCUT2D eigenvalue weighted by Gasteiger charge is 2.34. The molecule has 4 rings (SSSR count). The van der Waals surface area contributed by atoms with Crippen LogP contribution in [0.2, 0.25) is 5.02 Å². The molecule has 0 amide bonds. The van der Waals surface area contributed by atoms with Gasteiger partial charge in [0.15, 0.2) is 0 Å². The van der Waals surface area contributed by atoms with E-state index in [-0.39, 0.29) is 17.7 Å². The van der Waals surface area contributed by atoms with Gasteiger partial charge in [-0.05, 0) is 56.0 Å². The van der Waals surface area contributed by atoms with Gasteiger partial charge in [-0.15, -0.1) is 0 Å². The monoisotopic (exact) mass is 537 g/mol. The number of pyridine rings is 1. The summed E-state index contributed by atoms with van der Waals surface area (Å²) in [5.74, 6) is 0.905. The zero-order valence-electron chi connectivity index (χ0n) is 19.6. The van der Waals surface area contributed by atoms with Crippen molar-refractivity contribution in [3.8, 4) is 6.07 Å². The van der Waals surface area contributed by atoms with E-state index in [9.17, 15) is 13.2 Å². The number of aromatic nitrogens is 1. The van der Waals surface area contributed by atoms with E-state index in [1.807, 2.05) is 12.1 Å². The van der Waals surface area contributed by atoms with Crippen molar-refractivity contribution in [3.63, 3.8) is 0 Å². The Morgan fingerprint density at radius 3 is 2.47 bits per heavy atom. The van der Waals surface area contributed by atoms with Gasteiger partial charge in [0, 0.05) is 44.1 Å². The van der Waals surface area contributed by atoms with Crippen LogP contribution in [-0.2, 0) is 10.9 Å². The first kappa shape index (κ1) is 26.5. The second-order valence-electron chi connectivity index (χ2n) is 9.00. The molecule has 2 aliphatic rings. The summed E-state index contributed by atoms with van der Waals surface area (Å²) >= 11 is 11.5. The van der Waals surface area contributed by atoms with Crippen LogP contribution in [0.4, 0.5) is 24.7 Å². The fourth-order valence-corrected chi connectivity index (χ4v) is 4.96. The second kappa shape index (κ2) is 11.6. The van der Waals surface area contributed by atoms with Crippen molar-refractivity contribution >= 4 is 40.3 Å². The van der Waals surface area contributed by atoms with Gasteiger partial charge in [-0.1, -0.05) is 23.8 Å². The van der Waals surface area contributed by atoms with E-state index in [2.05, 4.69) is 20.1 Å². The van der Waals surface area contributed by atoms with Crippen molar-refractivity contribution in [2.75, 3.05) is 43.0 Å². The highest BCUT2D eigenvalue weighted by molar-refractivity contribution is 7.80. The lowest BCUT2D eigenvalue weighted by Crippen LogP contribution is -2.49. The lowest BCUT2D eigenvalue weighted by molar-refractivity contribution is -0.137. The molecule has 1 N–H and O–H groups in total. The third kappa shape index (κ3) is 6.78. The number of benzene rings is 1. The van der Waals surface area contributed by atoms with E-state index in [0.717, 1.165) is 68.7 Å². The molecule has 0 atom stereocenters. The van der Waals surface area contributed by atoms with Crippen molar-refractivity contribution in [3.05, 3.63) is 52.7 Å². The fourth-order valence-electron chi connectivity index (χ4n) is 4.60. The van der Waals surface area contributed by atoms with Gasteiger partial charge >= 0.3 is 6.18 Å². The smallest absolute Gasteiger partial charge is 0.382 e. The van der Waals surface area contributed by atoms with Crippen molar-refractivity contribution in [2.45, 2.75) is 44.0 Å². The molecule has 2 fully saturated rings. The highest BCUT2D eigenvalue weighted by atomic mass is 35.5. The van der Waals surface area contributed by atoms with Crippen LogP contribution in [0.5, 0.6) is 0 Å². The van der Waals surface area contributed by atoms with Crippen LogP contribution in [-0.4, -0.2) is 59.8 Å². The quantitative estimate of drug-likeness (QED) is 0.487. The van der Waals surface area contributed by atoms with Gasteiger partial charge in [0.1, 0.15) is 10.8 Å². The standard InChI is InChI=1S/C25H27ClF3N5OS/c26-18-2-8-23(31-15-18)33-9-11-34(12-10-33)24(36)16-35-21-6-4-19(5-7-21)32-20-3-1-17(14-30)22(13-20)25(27,28)29/h1-3,8,13,15,19,21,32H,4-7,9-12,16H2. The largest absolute Gasteiger partial charge is 0.417 e. The number of rotatable bonds is 6. The highest BCUT2D eigenvalue weighted by Crippen LogP contribution is 2.34. The summed E-state index contributed by atoms with van der Waals surface area (Å²) in [4.78, 5) is 9.53. The topological polar surface area (TPSA) is 64.4 Å². The molecular formula is C25H27ClF3N5OS. The minimum atomic E-state index is -4.56. The Labute approximate surface area is 219 Å². The molecule has 2 heterocycles. The molecule has 0 unspecified atom stereocenters. The number of thiocarbonyl (C=S) groups is 1. The predicted octanol–water partition coefficient (Wildman–Crippen LogP) is 5.51. The maximum absolute atomic E-state index is 13.2. The molecule has 11 heteroatoms. The Bertz CT molecular complexity index is 1090. The summed E-state index contributed by atoms with van der Waals surface area (Å²) < 4.78 is 45.7. The lowest BCUT2D eigenvalue weighted by Gasteiger charge is -2.37. The molecule has 1 aromatic heterocycles. The van der Waals surface area contributed by atoms with Gasteiger partial charge in [0.25, 0.3) is 0 Å². The summed E-state index contributed by atoms with van der Waals surface area (Å²) in [7, 11) is 0. The Kier molecular flexibility index (Phi) is 8.54. The molecule has 6 nitrogen and oxygen atoms in total. The number of nitriles is 1. The van der Waals surface area contributed by atoms with Crippen LogP contribution in [0.15, 0.2) is 36.5 Å². The number of hydrogen-bond acceptors (Lipinski definition) is 6. The van der Waals surface area contributed by atoms with E-state index in [1.54, 1.807) is 12.3 Å². The predicted molar refractivity (Wildman–Crippen MR) is 137 cm³/mol. The fraction of sp³-hybridized carbons (Fsp3) is 0.480. The number of ether oxygens (including phenoxy) is 1. The zero-order chi connectivity index (χ0) is 25.7. The van der Waals surface area contributed by atoms with E-state index in [1.165, 1.54) is 12.1 Å². The van der Waals surface area contributed by atoms with Gasteiger partial charge in [-0.25, -0.2) is 4.98 Å². The third-order valence-corrected chi connectivity index (χ3v) is 7.20. The number of piperazine rings is 1. The maximum Gasteiger partial charge on any atom is 0.417 e. The molecular weight excluding hydrogens is 511 g/mol. The second-order valence-corrected chi connectivity index (χ2v) is 9.91. The molecule has 0 radical (unpaired) electrons. The average molecular weight is 538 g/mol. The van der Waals surface area contributed by atoms with Crippen LogP contribution < -0.4 is 10.2 Å². The van der Waals surface area contributed by atoms with Gasteiger partial charge in [-0.2, -0.15) is 18.4 Å². The minimum absolute atomic E-state index is 0.0559. The van der Waals surface area contributed by atoms with Crippen LogP contribution in [0, 0.1) is 11.3 Å². The zero-order valence-corrected chi connectivity index (χ0v) is 21.2. The van der Waals surface area contributed by atoms with E-state index >= 15 is 0 Å². The number of alkyl halides is 3. The molecule has 0 bridgehead atoms. The normalized spacial score (nSPS) is 20.6. The van der Waals surface area contributed by atoms with Crippen LogP contribution in [0.25, 0.3) is 0 Å². The van der Waals surface area contributed by atoms with Crippen molar-refractivity contribution in [1.82, 2.24) is 9.88 Å². The summed E-state index contributed by atoms with van der Waals surface area (Å²) in [6, 6.07) is 9.18. The van der Waals surface area contributed by atoms with Gasteiger partial charge < -0.3 is 19.9 Å². The first-order valence-corrected chi connectivity index (χ1v) is 12.7. The number of hydrogen-bond donors (Lipinski definition) is 1. The third-order valence-electron chi connectivity index (χ3n) is 6.60. The number of halogens is 4. The van der Waals surface area contributed by atoms with E-state index < -0.39 is 11.7 Å². The van der Waals surface area contributed by atoms with Crippen LogP contribution in [0.1, 0.15) is 36.8 Å². The van der Waals surface area contributed by atoms with Crippen molar-refractivity contribution in [1.29, 1.82) is 5.26 Å². The molecule has 36 heavy (non-hydrogen) atoms. The summed E-state index contributed by atoms with van der Waals surface area (Å²) in [5, 5.41) is 12.8. The molecule has 1 saturated carbocycles. The minimum Gasteiger partial charge on any atom is -0.382 e. The molecule has 1 aromatic carbocycles. The lowest BCUT2D eigenvalue weighted by atomic mass is 9.92. The Hall–Kier alpha value is -2.61. The molecule has 1 aliphatic carbocycles. The van der Waals surface area contributed by atoms with E-state index in [4.69, 9.17) is 33.8 Å². The van der Waals surface area contributed by atoms with Crippen molar-refractivity contribution < 1.29 is 17.9 Å². The SMILES string of the molecule is N#Cc1ccc(NC2CCC(OCC(=S)N3CCN(c4ccc(Cl)cn4)CC3)CC2)cc1C(F)(F)F. The van der Waals surface area contributed by atoms with Gasteiger partial charge in [-0.3, -0.25) is 0 Å². The van der Waals surface area contributed by atoms with Crippen molar-refractivity contribution in [2.24, 2.45) is 0 Å². The summed E-state index contributed by atoms with van der Waals surface area (Å²) in [6.07, 6.45) is 0.337. The van der Waals surface area contributed by atoms with Gasteiger partial charge in [0.05, 0.1) is 34.9 Å². The molecule has 1 saturated heterocycles. The molecule has 2 aromatic rings. The first-order chi connectivity index (χ1) is 17.2. The molecule has 192 valence electrons. The molecule has 1 aliphatic heterocycles. The first-order valence-electron chi connectivity index (χ1n) is 11.9. The number of nitrogens with one attached hydrogen (secondary N) is 1. The Balaban J connectivity index is 1.19. The van der Waals surface area contributed by atoms with Crippen LogP contribution >= 0.6 is 23.8 Å². The maximum atomic E-state index is 13.2. The summed E-state index contributed by atoms with van der Waals surface area (Å²) in [6.45, 7) is 3.62. The summed E-state index contributed by atoms with van der Waals surface area (Å²) in [5.41, 5.74) is -0.908. The Morgan fingerprint density at radius 2 is 1.86 bits per heavy atom. The van der Waals surface area contributed by atoms with Gasteiger partial charge in [0.2, 0.25) is 0 Å². The number of nitrogens with zero attached hydrogens (tertiary/aromatic N) is 4. The average Bonchev–Trinajstić information content (AvgIpc) is 2.88. The van der Waals surface area contributed by atoms with Crippen LogP contribution in [0.3, 0.4) is 0 Å². The Morgan fingerprint density at radius 1 is 1.14 bits per heavy atom. The number of anilines is 2. The van der Waals surface area contributed by atoms with E-state index in [0.29, 0.717) is 17.3 Å².